The molecule has 7 heteroatoms. The Morgan fingerprint density at radius 3 is 2.68 bits per heavy atom. The van der Waals surface area contributed by atoms with Gasteiger partial charge in [-0.05, 0) is 49.3 Å². The number of benzene rings is 1. The molecule has 0 saturated carbocycles. The van der Waals surface area contributed by atoms with Crippen molar-refractivity contribution in [2.24, 2.45) is 0 Å². The van der Waals surface area contributed by atoms with Gasteiger partial charge >= 0.3 is 0 Å². The molecule has 100 valence electrons. The van der Waals surface area contributed by atoms with Crippen LogP contribution in [0.3, 0.4) is 0 Å². The fraction of sp³-hybridized carbons (Fsp3) is 0.417. The third-order valence-corrected chi connectivity index (χ3v) is 3.24. The first-order chi connectivity index (χ1) is 9.24. The Bertz CT molecular complexity index is 577. The number of nitrogens with zero attached hydrogens (tertiary/aromatic N) is 4. The number of hydrogen-bond donors (Lipinski definition) is 1. The van der Waals surface area contributed by atoms with Gasteiger partial charge in [0.25, 0.3) is 0 Å². The Morgan fingerprint density at radius 2 is 1.95 bits per heavy atom. The van der Waals surface area contributed by atoms with Crippen LogP contribution in [-0.4, -0.2) is 33.3 Å². The van der Waals surface area contributed by atoms with Gasteiger partial charge in [-0.2, -0.15) is 4.80 Å². The Morgan fingerprint density at radius 1 is 1.16 bits per heavy atom. The number of hydrogen-bond acceptors (Lipinski definition) is 4. The average Bonchev–Trinajstić information content (AvgIpc) is 2.93. The van der Waals surface area contributed by atoms with Crippen LogP contribution in [0.15, 0.2) is 18.2 Å². The average molecular weight is 265 g/mol. The quantitative estimate of drug-likeness (QED) is 0.895. The van der Waals surface area contributed by atoms with Crippen molar-refractivity contribution < 1.29 is 8.78 Å². The summed E-state index contributed by atoms with van der Waals surface area (Å²) >= 11 is 0. The summed E-state index contributed by atoms with van der Waals surface area (Å²) < 4.78 is 26.0. The summed E-state index contributed by atoms with van der Waals surface area (Å²) in [6.07, 6.45) is 1.88. The highest BCUT2D eigenvalue weighted by Gasteiger charge is 2.18. The minimum atomic E-state index is -0.907. The lowest BCUT2D eigenvalue weighted by molar-refractivity contribution is 0.309. The topological polar surface area (TPSA) is 55.6 Å². The van der Waals surface area contributed by atoms with Crippen LogP contribution in [0.1, 0.15) is 18.9 Å². The van der Waals surface area contributed by atoms with Gasteiger partial charge in [0.2, 0.25) is 5.82 Å². The molecule has 0 unspecified atom stereocenters. The largest absolute Gasteiger partial charge is 0.317 e. The summed E-state index contributed by atoms with van der Waals surface area (Å²) in [5, 5.41) is 15.4. The molecule has 1 aliphatic heterocycles. The van der Waals surface area contributed by atoms with Gasteiger partial charge in [0.1, 0.15) is 0 Å². The van der Waals surface area contributed by atoms with E-state index in [1.807, 2.05) is 0 Å². The zero-order valence-corrected chi connectivity index (χ0v) is 10.2. The number of nitrogens with one attached hydrogen (secondary N) is 1. The molecule has 0 spiro atoms. The molecule has 5 nitrogen and oxygen atoms in total. The SMILES string of the molecule is Fc1ccc(-c2nnn(C3CCNCC3)n2)cc1F. The summed E-state index contributed by atoms with van der Waals surface area (Å²) in [5.74, 6) is -1.47. The third kappa shape index (κ3) is 2.46. The molecule has 1 aliphatic rings. The number of tetrazole rings is 1. The van der Waals surface area contributed by atoms with Gasteiger partial charge in [0.05, 0.1) is 6.04 Å². The Labute approximate surface area is 108 Å². The first kappa shape index (κ1) is 12.2. The van der Waals surface area contributed by atoms with E-state index in [2.05, 4.69) is 20.7 Å². The number of rotatable bonds is 2. The van der Waals surface area contributed by atoms with Crippen LogP contribution in [0.2, 0.25) is 0 Å². The van der Waals surface area contributed by atoms with Gasteiger partial charge in [-0.15, -0.1) is 10.2 Å². The van der Waals surface area contributed by atoms with Crippen LogP contribution in [0.25, 0.3) is 11.4 Å². The molecule has 1 aromatic carbocycles. The third-order valence-electron chi connectivity index (χ3n) is 3.24. The van der Waals surface area contributed by atoms with Crippen molar-refractivity contribution in [1.82, 2.24) is 25.5 Å². The fourth-order valence-electron chi connectivity index (χ4n) is 2.17. The summed E-state index contributed by atoms with van der Waals surface area (Å²) in [6.45, 7) is 1.85. The van der Waals surface area contributed by atoms with E-state index in [1.54, 1.807) is 4.80 Å². The summed E-state index contributed by atoms with van der Waals surface area (Å²) in [4.78, 5) is 1.57. The highest BCUT2D eigenvalue weighted by atomic mass is 19.2. The van der Waals surface area contributed by atoms with Crippen LogP contribution in [0, 0.1) is 11.6 Å². The highest BCUT2D eigenvalue weighted by molar-refractivity contribution is 5.53. The molecule has 1 aromatic heterocycles. The molecular formula is C12H13F2N5. The van der Waals surface area contributed by atoms with E-state index in [1.165, 1.54) is 6.07 Å². The molecule has 2 heterocycles. The van der Waals surface area contributed by atoms with Crippen molar-refractivity contribution in [2.45, 2.75) is 18.9 Å². The predicted octanol–water partition coefficient (Wildman–Crippen LogP) is 1.54. The van der Waals surface area contributed by atoms with E-state index < -0.39 is 11.6 Å². The van der Waals surface area contributed by atoms with Crippen LogP contribution >= 0.6 is 0 Å². The first-order valence-electron chi connectivity index (χ1n) is 6.20. The van der Waals surface area contributed by atoms with Gasteiger partial charge in [-0.25, -0.2) is 8.78 Å². The van der Waals surface area contributed by atoms with Crippen molar-refractivity contribution in [3.8, 4) is 11.4 Å². The van der Waals surface area contributed by atoms with Gasteiger partial charge in [0, 0.05) is 5.56 Å². The monoisotopic (exact) mass is 265 g/mol. The second-order valence-corrected chi connectivity index (χ2v) is 4.54. The van der Waals surface area contributed by atoms with Crippen LogP contribution in [0.4, 0.5) is 8.78 Å². The molecule has 0 aliphatic carbocycles. The fourth-order valence-corrected chi connectivity index (χ4v) is 2.17. The van der Waals surface area contributed by atoms with Gasteiger partial charge in [0.15, 0.2) is 11.6 Å². The minimum absolute atomic E-state index is 0.216. The predicted molar refractivity (Wildman–Crippen MR) is 64.3 cm³/mol. The zero-order valence-electron chi connectivity index (χ0n) is 10.2. The Kier molecular flexibility index (Phi) is 3.20. The molecule has 0 bridgehead atoms. The van der Waals surface area contributed by atoms with E-state index in [4.69, 9.17) is 0 Å². The van der Waals surface area contributed by atoms with Crippen molar-refractivity contribution in [2.75, 3.05) is 13.1 Å². The van der Waals surface area contributed by atoms with Crippen LogP contribution < -0.4 is 5.32 Å². The van der Waals surface area contributed by atoms with Crippen molar-refractivity contribution in [3.05, 3.63) is 29.8 Å². The molecule has 0 radical (unpaired) electrons. The van der Waals surface area contributed by atoms with E-state index in [9.17, 15) is 8.78 Å². The smallest absolute Gasteiger partial charge is 0.205 e. The van der Waals surface area contributed by atoms with Crippen molar-refractivity contribution >= 4 is 0 Å². The van der Waals surface area contributed by atoms with E-state index >= 15 is 0 Å². The zero-order chi connectivity index (χ0) is 13.2. The van der Waals surface area contributed by atoms with E-state index in [-0.39, 0.29) is 6.04 Å². The van der Waals surface area contributed by atoms with Crippen LogP contribution in [0.5, 0.6) is 0 Å². The van der Waals surface area contributed by atoms with Gasteiger partial charge in [-0.3, -0.25) is 0 Å². The number of halogens is 2. The Balaban J connectivity index is 1.85. The highest BCUT2D eigenvalue weighted by Crippen LogP contribution is 2.20. The summed E-state index contributed by atoms with van der Waals surface area (Å²) in [5.41, 5.74) is 0.430. The van der Waals surface area contributed by atoms with Gasteiger partial charge < -0.3 is 5.32 Å². The second-order valence-electron chi connectivity index (χ2n) is 4.54. The second kappa shape index (κ2) is 5.00. The number of aromatic nitrogens is 4. The molecule has 3 rings (SSSR count). The molecule has 0 amide bonds. The normalized spacial score (nSPS) is 16.7. The molecule has 2 aromatic rings. The lowest BCUT2D eigenvalue weighted by Crippen LogP contribution is -2.30. The molecular weight excluding hydrogens is 252 g/mol. The van der Waals surface area contributed by atoms with E-state index in [0.29, 0.717) is 11.4 Å². The molecule has 19 heavy (non-hydrogen) atoms. The lowest BCUT2D eigenvalue weighted by Gasteiger charge is -2.20. The maximum atomic E-state index is 13.2. The molecule has 1 saturated heterocycles. The van der Waals surface area contributed by atoms with Crippen LogP contribution in [-0.2, 0) is 0 Å². The molecule has 0 atom stereocenters. The van der Waals surface area contributed by atoms with Crippen molar-refractivity contribution in [3.63, 3.8) is 0 Å². The number of piperidine rings is 1. The minimum Gasteiger partial charge on any atom is -0.317 e. The maximum Gasteiger partial charge on any atom is 0.205 e. The summed E-state index contributed by atoms with van der Waals surface area (Å²) in [7, 11) is 0. The molecule has 1 fully saturated rings. The van der Waals surface area contributed by atoms with Gasteiger partial charge in [-0.1, -0.05) is 0 Å². The summed E-state index contributed by atoms with van der Waals surface area (Å²) in [6, 6.07) is 3.81. The molecule has 1 N–H and O–H groups in total. The lowest BCUT2D eigenvalue weighted by atomic mass is 10.1. The van der Waals surface area contributed by atoms with Crippen molar-refractivity contribution in [1.29, 1.82) is 0 Å². The standard InChI is InChI=1S/C12H13F2N5/c13-10-2-1-8(7-11(10)14)12-16-18-19(17-12)9-3-5-15-6-4-9/h1-2,7,9,15H,3-6H2. The maximum absolute atomic E-state index is 13.2. The Hall–Kier alpha value is -1.89. The first-order valence-corrected chi connectivity index (χ1v) is 6.20. The van der Waals surface area contributed by atoms with E-state index in [0.717, 1.165) is 38.1 Å².